The summed E-state index contributed by atoms with van der Waals surface area (Å²) >= 11 is 5.75. The second-order valence-corrected chi connectivity index (χ2v) is 3.55. The van der Waals surface area contributed by atoms with E-state index in [0.29, 0.717) is 5.56 Å². The van der Waals surface area contributed by atoms with Crippen LogP contribution in [0.5, 0.6) is 5.75 Å². The molecule has 0 fully saturated rings. The molecule has 86 valence electrons. The van der Waals surface area contributed by atoms with Gasteiger partial charge in [0.2, 0.25) is 0 Å². The Kier molecular flexibility index (Phi) is 3.20. The predicted octanol–water partition coefficient (Wildman–Crippen LogP) is 2.09. The van der Waals surface area contributed by atoms with E-state index in [1.54, 1.807) is 0 Å². The molecule has 5 nitrogen and oxygen atoms in total. The van der Waals surface area contributed by atoms with Crippen LogP contribution in [0.3, 0.4) is 0 Å². The topological polar surface area (TPSA) is 75.1 Å². The number of phenolic OH excluding ortho intramolecular Hbond substituents is 1. The minimum atomic E-state index is -0.368. The smallest absolute Gasteiger partial charge is 0.256 e. The van der Waals surface area contributed by atoms with Crippen molar-refractivity contribution in [3.63, 3.8) is 0 Å². The Bertz CT molecular complexity index is 543. The zero-order chi connectivity index (χ0) is 12.3. The highest BCUT2D eigenvalue weighted by Gasteiger charge is 2.09. The molecular formula is C11H8ClN3O2. The molecule has 2 aromatic rings. The van der Waals surface area contributed by atoms with E-state index in [-0.39, 0.29) is 22.6 Å². The number of hydrogen-bond donors (Lipinski definition) is 2. The van der Waals surface area contributed by atoms with Crippen molar-refractivity contribution in [2.24, 2.45) is 0 Å². The van der Waals surface area contributed by atoms with Gasteiger partial charge in [-0.25, -0.2) is 9.97 Å². The van der Waals surface area contributed by atoms with Crippen molar-refractivity contribution < 1.29 is 9.90 Å². The Hall–Kier alpha value is -2.14. The van der Waals surface area contributed by atoms with Gasteiger partial charge in [-0.15, -0.1) is 0 Å². The van der Waals surface area contributed by atoms with Crippen LogP contribution in [0, 0.1) is 0 Å². The van der Waals surface area contributed by atoms with E-state index in [2.05, 4.69) is 15.3 Å². The normalized spacial score (nSPS) is 9.94. The number of nitrogens with zero attached hydrogens (tertiary/aromatic N) is 2. The van der Waals surface area contributed by atoms with Gasteiger partial charge in [0.1, 0.15) is 5.75 Å². The lowest BCUT2D eigenvalue weighted by Gasteiger charge is -2.04. The maximum Gasteiger partial charge on any atom is 0.256 e. The number of amides is 1. The summed E-state index contributed by atoms with van der Waals surface area (Å²) in [5, 5.41) is 11.7. The molecule has 0 saturated heterocycles. The Morgan fingerprint density at radius 1 is 1.18 bits per heavy atom. The fraction of sp³-hybridized carbons (Fsp3) is 0. The van der Waals surface area contributed by atoms with Crippen molar-refractivity contribution in [1.82, 2.24) is 9.97 Å². The summed E-state index contributed by atoms with van der Waals surface area (Å²) in [6.07, 6.45) is 2.86. The van der Waals surface area contributed by atoms with Crippen LogP contribution in [0.2, 0.25) is 5.15 Å². The molecule has 1 aromatic carbocycles. The van der Waals surface area contributed by atoms with Crippen molar-refractivity contribution in [3.05, 3.63) is 47.4 Å². The first-order valence-electron chi connectivity index (χ1n) is 4.74. The number of phenols is 1. The number of halogens is 1. The third-order valence-electron chi connectivity index (χ3n) is 2.02. The lowest BCUT2D eigenvalue weighted by Crippen LogP contribution is -2.13. The molecule has 1 heterocycles. The standard InChI is InChI=1S/C11H8ClN3O2/c12-9-10(14-6-5-13-9)15-11(17)7-1-3-8(16)4-2-7/h1-6,16H,(H,14,15,17). The number of aromatic hydroxyl groups is 1. The zero-order valence-electron chi connectivity index (χ0n) is 8.59. The molecule has 0 aliphatic rings. The second kappa shape index (κ2) is 4.80. The monoisotopic (exact) mass is 249 g/mol. The summed E-state index contributed by atoms with van der Waals surface area (Å²) in [4.78, 5) is 19.4. The van der Waals surface area contributed by atoms with Gasteiger partial charge in [-0.2, -0.15) is 0 Å². The largest absolute Gasteiger partial charge is 0.508 e. The maximum atomic E-state index is 11.8. The zero-order valence-corrected chi connectivity index (χ0v) is 9.35. The lowest BCUT2D eigenvalue weighted by molar-refractivity contribution is 0.102. The van der Waals surface area contributed by atoms with Crippen LogP contribution in [0.15, 0.2) is 36.7 Å². The van der Waals surface area contributed by atoms with Crippen molar-refractivity contribution in [2.75, 3.05) is 5.32 Å². The fourth-order valence-electron chi connectivity index (χ4n) is 1.20. The highest BCUT2D eigenvalue weighted by molar-refractivity contribution is 6.32. The number of aromatic nitrogens is 2. The number of carbonyl (C=O) groups is 1. The molecule has 0 radical (unpaired) electrons. The Morgan fingerprint density at radius 3 is 2.47 bits per heavy atom. The van der Waals surface area contributed by atoms with Gasteiger partial charge < -0.3 is 10.4 Å². The molecule has 0 saturated carbocycles. The molecule has 2 rings (SSSR count). The summed E-state index contributed by atoms with van der Waals surface area (Å²) in [5.41, 5.74) is 0.393. The third-order valence-corrected chi connectivity index (χ3v) is 2.29. The van der Waals surface area contributed by atoms with Crippen molar-refractivity contribution in [1.29, 1.82) is 0 Å². The number of benzene rings is 1. The molecule has 2 N–H and O–H groups in total. The first-order valence-corrected chi connectivity index (χ1v) is 5.11. The molecule has 0 bridgehead atoms. The summed E-state index contributed by atoms with van der Waals surface area (Å²) in [5.74, 6) is -0.0706. The van der Waals surface area contributed by atoms with Crippen molar-refractivity contribution in [2.45, 2.75) is 0 Å². The van der Waals surface area contributed by atoms with Crippen molar-refractivity contribution >= 4 is 23.3 Å². The van der Waals surface area contributed by atoms with Gasteiger partial charge >= 0.3 is 0 Å². The number of hydrogen-bond acceptors (Lipinski definition) is 4. The average Bonchev–Trinajstić information content (AvgIpc) is 2.33. The Balaban J connectivity index is 2.17. The number of rotatable bonds is 2. The molecule has 0 aliphatic heterocycles. The van der Waals surface area contributed by atoms with Crippen LogP contribution in [-0.4, -0.2) is 21.0 Å². The van der Waals surface area contributed by atoms with Crippen LogP contribution in [0.1, 0.15) is 10.4 Å². The number of anilines is 1. The number of nitrogens with one attached hydrogen (secondary N) is 1. The molecular weight excluding hydrogens is 242 g/mol. The van der Waals surface area contributed by atoms with Gasteiger partial charge in [0.25, 0.3) is 5.91 Å². The summed E-state index contributed by atoms with van der Waals surface area (Å²) in [6, 6.07) is 5.84. The van der Waals surface area contributed by atoms with Gasteiger partial charge in [-0.05, 0) is 24.3 Å². The lowest BCUT2D eigenvalue weighted by atomic mass is 10.2. The first-order chi connectivity index (χ1) is 8.16. The summed E-state index contributed by atoms with van der Waals surface area (Å²) in [6.45, 7) is 0. The Labute approximate surface area is 102 Å². The van der Waals surface area contributed by atoms with Gasteiger partial charge in [-0.1, -0.05) is 11.6 Å². The summed E-state index contributed by atoms with van der Waals surface area (Å²) in [7, 11) is 0. The second-order valence-electron chi connectivity index (χ2n) is 3.20. The van der Waals surface area contributed by atoms with E-state index in [1.165, 1.54) is 36.7 Å². The van der Waals surface area contributed by atoms with E-state index in [4.69, 9.17) is 16.7 Å². The molecule has 6 heteroatoms. The number of carbonyl (C=O) groups excluding carboxylic acids is 1. The van der Waals surface area contributed by atoms with Gasteiger partial charge in [-0.3, -0.25) is 4.79 Å². The van der Waals surface area contributed by atoms with E-state index in [1.807, 2.05) is 0 Å². The van der Waals surface area contributed by atoms with Crippen molar-refractivity contribution in [3.8, 4) is 5.75 Å². The Morgan fingerprint density at radius 2 is 1.82 bits per heavy atom. The molecule has 0 spiro atoms. The third kappa shape index (κ3) is 2.70. The van der Waals surface area contributed by atoms with Gasteiger partial charge in [0.15, 0.2) is 11.0 Å². The molecule has 0 atom stereocenters. The van der Waals surface area contributed by atoms with E-state index >= 15 is 0 Å². The highest BCUT2D eigenvalue weighted by atomic mass is 35.5. The SMILES string of the molecule is O=C(Nc1nccnc1Cl)c1ccc(O)cc1. The quantitative estimate of drug-likeness (QED) is 0.855. The molecule has 0 unspecified atom stereocenters. The van der Waals surface area contributed by atoms with Crippen LogP contribution >= 0.6 is 11.6 Å². The van der Waals surface area contributed by atoms with Crippen LogP contribution in [0.4, 0.5) is 5.82 Å². The average molecular weight is 250 g/mol. The van der Waals surface area contributed by atoms with E-state index in [0.717, 1.165) is 0 Å². The fourth-order valence-corrected chi connectivity index (χ4v) is 1.35. The van der Waals surface area contributed by atoms with Gasteiger partial charge in [0.05, 0.1) is 0 Å². The van der Waals surface area contributed by atoms with E-state index in [9.17, 15) is 4.79 Å². The van der Waals surface area contributed by atoms with Gasteiger partial charge in [0, 0.05) is 18.0 Å². The van der Waals surface area contributed by atoms with Crippen LogP contribution in [0.25, 0.3) is 0 Å². The molecule has 17 heavy (non-hydrogen) atoms. The molecule has 1 amide bonds. The maximum absolute atomic E-state index is 11.8. The first kappa shape index (κ1) is 11.3. The molecule has 1 aromatic heterocycles. The highest BCUT2D eigenvalue weighted by Crippen LogP contribution is 2.16. The minimum Gasteiger partial charge on any atom is -0.508 e. The minimum absolute atomic E-state index is 0.0964. The predicted molar refractivity (Wildman–Crippen MR) is 63.1 cm³/mol. The molecule has 0 aliphatic carbocycles. The van der Waals surface area contributed by atoms with Crippen LogP contribution in [-0.2, 0) is 0 Å². The van der Waals surface area contributed by atoms with Crippen LogP contribution < -0.4 is 5.32 Å². The van der Waals surface area contributed by atoms with E-state index < -0.39 is 0 Å². The summed E-state index contributed by atoms with van der Waals surface area (Å²) < 4.78 is 0.